The largest absolute Gasteiger partial charge is 0.497 e. The number of amides is 1. The Morgan fingerprint density at radius 1 is 1.11 bits per heavy atom. The molecule has 0 saturated heterocycles. The van der Waals surface area contributed by atoms with Crippen molar-refractivity contribution in [3.63, 3.8) is 0 Å². The SMILES string of the molecule is COc1cccc(C(=O)NC2=C/C(=N/N(C)c3ccccc3)C(=N)C=C2)c1. The second-order valence-corrected chi connectivity index (χ2v) is 5.88. The van der Waals surface area contributed by atoms with E-state index in [-0.39, 0.29) is 11.6 Å². The zero-order chi connectivity index (χ0) is 19.2. The van der Waals surface area contributed by atoms with E-state index in [9.17, 15) is 4.79 Å². The van der Waals surface area contributed by atoms with E-state index in [4.69, 9.17) is 10.1 Å². The van der Waals surface area contributed by atoms with E-state index in [0.29, 0.717) is 22.7 Å². The molecule has 0 fully saturated rings. The molecule has 0 spiro atoms. The number of ether oxygens (including phenoxy) is 1. The number of nitrogens with one attached hydrogen (secondary N) is 2. The van der Waals surface area contributed by atoms with Gasteiger partial charge in [0, 0.05) is 18.3 Å². The molecule has 1 aliphatic carbocycles. The second kappa shape index (κ2) is 8.14. The number of para-hydroxylation sites is 1. The predicted octanol–water partition coefficient (Wildman–Crippen LogP) is 3.39. The maximum atomic E-state index is 12.5. The minimum absolute atomic E-state index is 0.256. The summed E-state index contributed by atoms with van der Waals surface area (Å²) in [7, 11) is 3.37. The lowest BCUT2D eigenvalue weighted by Crippen LogP contribution is -2.26. The molecule has 2 aromatic carbocycles. The molecule has 0 aliphatic heterocycles. The summed E-state index contributed by atoms with van der Waals surface area (Å²) in [5.41, 5.74) is 2.70. The Bertz CT molecular complexity index is 946. The van der Waals surface area contributed by atoms with Gasteiger partial charge in [0.2, 0.25) is 0 Å². The van der Waals surface area contributed by atoms with Gasteiger partial charge >= 0.3 is 0 Å². The molecule has 0 aromatic heterocycles. The van der Waals surface area contributed by atoms with Gasteiger partial charge in [-0.2, -0.15) is 5.10 Å². The average Bonchev–Trinajstić information content (AvgIpc) is 2.71. The number of carbonyl (C=O) groups is 1. The Labute approximate surface area is 158 Å². The Balaban J connectivity index is 1.78. The summed E-state index contributed by atoms with van der Waals surface area (Å²) in [4.78, 5) is 12.5. The van der Waals surface area contributed by atoms with Crippen LogP contribution in [-0.2, 0) is 0 Å². The number of anilines is 1. The fourth-order valence-electron chi connectivity index (χ4n) is 2.52. The van der Waals surface area contributed by atoms with Crippen LogP contribution in [0, 0.1) is 5.41 Å². The summed E-state index contributed by atoms with van der Waals surface area (Å²) in [6.07, 6.45) is 4.97. The number of hydrogen-bond donors (Lipinski definition) is 2. The molecule has 0 saturated carbocycles. The number of rotatable bonds is 5. The molecule has 0 radical (unpaired) electrons. The number of hydrogen-bond acceptors (Lipinski definition) is 5. The molecule has 0 unspecified atom stereocenters. The third-order valence-corrected chi connectivity index (χ3v) is 3.98. The quantitative estimate of drug-likeness (QED) is 0.634. The van der Waals surface area contributed by atoms with Gasteiger partial charge in [-0.1, -0.05) is 24.3 Å². The molecule has 3 rings (SSSR count). The number of methoxy groups -OCH3 is 1. The van der Waals surface area contributed by atoms with Crippen LogP contribution in [0.5, 0.6) is 5.75 Å². The molecule has 0 atom stereocenters. The predicted molar refractivity (Wildman–Crippen MR) is 108 cm³/mol. The minimum atomic E-state index is -0.256. The standard InChI is InChI=1S/C21H20N4O2/c1-25(17-8-4-3-5-9-17)24-20-14-16(11-12-19(20)22)23-21(26)15-7-6-10-18(13-15)27-2/h3-14,22H,1-2H3,(H,23,26)/b22-19?,24-20-. The molecule has 0 bridgehead atoms. The number of nitrogens with zero attached hydrogens (tertiary/aromatic N) is 2. The average molecular weight is 360 g/mol. The summed E-state index contributed by atoms with van der Waals surface area (Å²) >= 11 is 0. The highest BCUT2D eigenvalue weighted by Crippen LogP contribution is 2.15. The van der Waals surface area contributed by atoms with Crippen LogP contribution < -0.4 is 15.1 Å². The van der Waals surface area contributed by atoms with Gasteiger partial charge in [-0.3, -0.25) is 15.2 Å². The molecule has 136 valence electrons. The van der Waals surface area contributed by atoms with Crippen LogP contribution in [0.3, 0.4) is 0 Å². The fraction of sp³-hybridized carbons (Fsp3) is 0.0952. The summed E-state index contributed by atoms with van der Waals surface area (Å²) in [6, 6.07) is 16.6. The topological polar surface area (TPSA) is 77.8 Å². The molecule has 6 nitrogen and oxygen atoms in total. The lowest BCUT2D eigenvalue weighted by atomic mass is 10.1. The van der Waals surface area contributed by atoms with Crippen molar-refractivity contribution in [3.05, 3.63) is 84.1 Å². The highest BCUT2D eigenvalue weighted by atomic mass is 16.5. The first-order valence-electron chi connectivity index (χ1n) is 8.38. The summed E-state index contributed by atoms with van der Waals surface area (Å²) in [6.45, 7) is 0. The first-order valence-corrected chi connectivity index (χ1v) is 8.38. The van der Waals surface area contributed by atoms with Crippen molar-refractivity contribution in [2.24, 2.45) is 5.10 Å². The smallest absolute Gasteiger partial charge is 0.255 e. The third-order valence-electron chi connectivity index (χ3n) is 3.98. The van der Waals surface area contributed by atoms with Gasteiger partial charge in [0.1, 0.15) is 11.5 Å². The fourth-order valence-corrected chi connectivity index (χ4v) is 2.52. The van der Waals surface area contributed by atoms with Crippen LogP contribution in [0.25, 0.3) is 0 Å². The van der Waals surface area contributed by atoms with Crippen LogP contribution in [0.1, 0.15) is 10.4 Å². The van der Waals surface area contributed by atoms with Crippen LogP contribution in [0.15, 0.2) is 83.6 Å². The monoisotopic (exact) mass is 360 g/mol. The van der Waals surface area contributed by atoms with E-state index in [1.807, 2.05) is 37.4 Å². The number of allylic oxidation sites excluding steroid dienone is 3. The van der Waals surface area contributed by atoms with Crippen molar-refractivity contribution in [2.45, 2.75) is 0 Å². The van der Waals surface area contributed by atoms with E-state index in [1.54, 1.807) is 54.6 Å². The van der Waals surface area contributed by atoms with Gasteiger partial charge in [0.25, 0.3) is 5.91 Å². The van der Waals surface area contributed by atoms with Crippen molar-refractivity contribution in [1.82, 2.24) is 5.32 Å². The Morgan fingerprint density at radius 3 is 2.63 bits per heavy atom. The molecular formula is C21H20N4O2. The summed E-state index contributed by atoms with van der Waals surface area (Å²) in [5, 5.41) is 17.1. The van der Waals surface area contributed by atoms with Crippen LogP contribution in [-0.4, -0.2) is 31.5 Å². The van der Waals surface area contributed by atoms with E-state index < -0.39 is 0 Å². The van der Waals surface area contributed by atoms with Crippen LogP contribution in [0.2, 0.25) is 0 Å². The number of benzene rings is 2. The van der Waals surface area contributed by atoms with E-state index in [0.717, 1.165) is 5.69 Å². The molecule has 2 aromatic rings. The van der Waals surface area contributed by atoms with Crippen molar-refractivity contribution >= 4 is 23.0 Å². The molecule has 6 heteroatoms. The number of carbonyl (C=O) groups excluding carboxylic acids is 1. The van der Waals surface area contributed by atoms with Crippen molar-refractivity contribution in [1.29, 1.82) is 5.41 Å². The van der Waals surface area contributed by atoms with E-state index in [2.05, 4.69) is 10.4 Å². The highest BCUT2D eigenvalue weighted by Gasteiger charge is 2.14. The second-order valence-electron chi connectivity index (χ2n) is 5.88. The Hall–Kier alpha value is -3.67. The lowest BCUT2D eigenvalue weighted by Gasteiger charge is -2.17. The molecule has 1 aliphatic rings. The molecule has 1 amide bonds. The zero-order valence-corrected chi connectivity index (χ0v) is 15.1. The Morgan fingerprint density at radius 2 is 1.89 bits per heavy atom. The normalized spacial score (nSPS) is 14.7. The molecule has 27 heavy (non-hydrogen) atoms. The van der Waals surface area contributed by atoms with Gasteiger partial charge in [0.15, 0.2) is 0 Å². The van der Waals surface area contributed by atoms with Gasteiger partial charge in [0.05, 0.1) is 18.5 Å². The van der Waals surface area contributed by atoms with Gasteiger partial charge in [-0.25, -0.2) is 0 Å². The van der Waals surface area contributed by atoms with Crippen molar-refractivity contribution in [3.8, 4) is 5.75 Å². The van der Waals surface area contributed by atoms with E-state index in [1.165, 1.54) is 0 Å². The maximum Gasteiger partial charge on any atom is 0.255 e. The first-order chi connectivity index (χ1) is 13.1. The van der Waals surface area contributed by atoms with Gasteiger partial charge in [-0.05, 0) is 48.6 Å². The maximum absolute atomic E-state index is 12.5. The minimum Gasteiger partial charge on any atom is -0.497 e. The zero-order valence-electron chi connectivity index (χ0n) is 15.1. The molecular weight excluding hydrogens is 340 g/mol. The number of hydrazone groups is 1. The lowest BCUT2D eigenvalue weighted by molar-refractivity contribution is 0.0967. The first kappa shape index (κ1) is 18.1. The van der Waals surface area contributed by atoms with Gasteiger partial charge in [-0.15, -0.1) is 0 Å². The van der Waals surface area contributed by atoms with Crippen molar-refractivity contribution < 1.29 is 9.53 Å². The third kappa shape index (κ3) is 4.49. The van der Waals surface area contributed by atoms with Crippen LogP contribution in [0.4, 0.5) is 5.69 Å². The van der Waals surface area contributed by atoms with Gasteiger partial charge < -0.3 is 10.1 Å². The molecule has 0 heterocycles. The van der Waals surface area contributed by atoms with Crippen LogP contribution >= 0.6 is 0 Å². The Kier molecular flexibility index (Phi) is 5.47. The van der Waals surface area contributed by atoms with E-state index >= 15 is 0 Å². The van der Waals surface area contributed by atoms with Crippen molar-refractivity contribution in [2.75, 3.05) is 19.2 Å². The summed E-state index contributed by atoms with van der Waals surface area (Å²) in [5.74, 6) is 0.360. The molecule has 2 N–H and O–H groups in total. The summed E-state index contributed by atoms with van der Waals surface area (Å²) < 4.78 is 5.15. The highest BCUT2D eigenvalue weighted by molar-refractivity contribution is 6.50.